The zero-order valence-electron chi connectivity index (χ0n) is 17.9. The van der Waals surface area contributed by atoms with Gasteiger partial charge in [-0.1, -0.05) is 37.1 Å². The summed E-state index contributed by atoms with van der Waals surface area (Å²) in [6, 6.07) is 11.0. The number of carbonyl (C=O) groups is 1. The maximum Gasteiger partial charge on any atom is 0.329 e. The van der Waals surface area contributed by atoms with Crippen LogP contribution in [0.2, 0.25) is 5.02 Å². The van der Waals surface area contributed by atoms with Gasteiger partial charge >= 0.3 is 11.7 Å². The Bertz CT molecular complexity index is 1350. The third kappa shape index (κ3) is 3.76. The highest BCUT2D eigenvalue weighted by Crippen LogP contribution is 2.29. The first-order chi connectivity index (χ1) is 14.8. The van der Waals surface area contributed by atoms with E-state index in [2.05, 4.69) is 10.8 Å². The lowest BCUT2D eigenvalue weighted by molar-refractivity contribution is -0.137. The van der Waals surface area contributed by atoms with E-state index in [0.717, 1.165) is 39.5 Å². The molecular formula is C24H26ClN3O3. The van der Waals surface area contributed by atoms with Gasteiger partial charge in [0.15, 0.2) is 0 Å². The minimum absolute atomic E-state index is 0.0832. The highest BCUT2D eigenvalue weighted by Gasteiger charge is 2.23. The first-order valence-corrected chi connectivity index (χ1v) is 10.8. The molecule has 0 radical (unpaired) electrons. The van der Waals surface area contributed by atoms with Crippen molar-refractivity contribution in [3.63, 3.8) is 0 Å². The molecule has 0 aliphatic heterocycles. The highest BCUT2D eigenvalue weighted by atomic mass is 35.5. The molecular weight excluding hydrogens is 414 g/mol. The molecule has 2 aromatic heterocycles. The zero-order valence-corrected chi connectivity index (χ0v) is 18.7. The second-order valence-corrected chi connectivity index (χ2v) is 8.59. The molecule has 0 aliphatic carbocycles. The van der Waals surface area contributed by atoms with E-state index in [0.29, 0.717) is 18.0 Å². The van der Waals surface area contributed by atoms with Crippen LogP contribution in [0.5, 0.6) is 0 Å². The summed E-state index contributed by atoms with van der Waals surface area (Å²) in [7, 11) is 1.99. The van der Waals surface area contributed by atoms with Crippen molar-refractivity contribution in [1.29, 1.82) is 0 Å². The lowest BCUT2D eigenvalue weighted by Crippen LogP contribution is -2.29. The number of imidazole rings is 1. The second kappa shape index (κ2) is 8.27. The largest absolute Gasteiger partial charge is 0.481 e. The molecule has 7 heteroatoms. The smallest absolute Gasteiger partial charge is 0.329 e. The average Bonchev–Trinajstić information content (AvgIpc) is 3.14. The normalized spacial score (nSPS) is 12.6. The fourth-order valence-corrected chi connectivity index (χ4v) is 4.92. The third-order valence-corrected chi connectivity index (χ3v) is 6.13. The van der Waals surface area contributed by atoms with Crippen molar-refractivity contribution in [3.05, 3.63) is 69.2 Å². The van der Waals surface area contributed by atoms with Crippen LogP contribution in [0.15, 0.2) is 47.4 Å². The molecule has 2 aromatic carbocycles. The maximum absolute atomic E-state index is 13.6. The van der Waals surface area contributed by atoms with Gasteiger partial charge in [-0.2, -0.15) is 0 Å². The number of carboxylic acid groups (broad SMARTS) is 1. The minimum atomic E-state index is -0.905. The SMILES string of the molecule is CCCC(CC(=O)O)n1c(=O)n(Cc2cc(Cl)cc3c(C)cn(C)c23)c2ccccc21. The number of aryl methyl sites for hydroxylation is 2. The number of fused-ring (bicyclic) bond motifs is 2. The number of hydrogen-bond acceptors (Lipinski definition) is 2. The number of carboxylic acids is 1. The predicted octanol–water partition coefficient (Wildman–Crippen LogP) is 5.12. The van der Waals surface area contributed by atoms with Crippen molar-refractivity contribution in [2.75, 3.05) is 0 Å². The molecule has 0 saturated carbocycles. The Kier molecular flexibility index (Phi) is 5.67. The number of rotatable bonds is 7. The van der Waals surface area contributed by atoms with Crippen molar-refractivity contribution in [1.82, 2.24) is 13.7 Å². The van der Waals surface area contributed by atoms with Gasteiger partial charge in [-0.25, -0.2) is 4.79 Å². The van der Waals surface area contributed by atoms with Gasteiger partial charge in [0.25, 0.3) is 0 Å². The second-order valence-electron chi connectivity index (χ2n) is 8.15. The van der Waals surface area contributed by atoms with Crippen LogP contribution in [-0.2, 0) is 18.4 Å². The average molecular weight is 440 g/mol. The summed E-state index contributed by atoms with van der Waals surface area (Å²) in [6.45, 7) is 4.40. The number of benzene rings is 2. The predicted molar refractivity (Wildman–Crippen MR) is 124 cm³/mol. The van der Waals surface area contributed by atoms with Gasteiger partial charge in [0.1, 0.15) is 0 Å². The summed E-state index contributed by atoms with van der Waals surface area (Å²) in [5, 5.41) is 11.1. The van der Waals surface area contributed by atoms with Gasteiger partial charge in [0.2, 0.25) is 0 Å². The number of para-hydroxylation sites is 2. The zero-order chi connectivity index (χ0) is 22.3. The van der Waals surface area contributed by atoms with E-state index in [1.807, 2.05) is 57.3 Å². The standard InChI is InChI=1S/C24H26ClN3O3/c1-4-7-18(12-22(29)30)28-21-9-6-5-8-20(21)27(24(28)31)14-16-10-17(25)11-19-15(2)13-26(3)23(16)19/h5-6,8-11,13,18H,4,7,12,14H2,1-3H3,(H,29,30). The summed E-state index contributed by atoms with van der Waals surface area (Å²) < 4.78 is 5.45. The number of aliphatic carboxylic acids is 1. The van der Waals surface area contributed by atoms with E-state index in [9.17, 15) is 14.7 Å². The molecule has 6 nitrogen and oxygen atoms in total. The fourth-order valence-electron chi connectivity index (χ4n) is 4.68. The molecule has 0 amide bonds. The molecule has 162 valence electrons. The van der Waals surface area contributed by atoms with Gasteiger partial charge in [-0.15, -0.1) is 0 Å². The van der Waals surface area contributed by atoms with Crippen LogP contribution in [0, 0.1) is 6.92 Å². The number of nitrogens with zero attached hydrogens (tertiary/aromatic N) is 3. The van der Waals surface area contributed by atoms with Crippen LogP contribution in [0.1, 0.15) is 43.4 Å². The van der Waals surface area contributed by atoms with Crippen molar-refractivity contribution in [2.45, 2.75) is 45.7 Å². The first-order valence-electron chi connectivity index (χ1n) is 10.5. The van der Waals surface area contributed by atoms with Gasteiger partial charge in [-0.3, -0.25) is 13.9 Å². The Hall–Kier alpha value is -2.99. The van der Waals surface area contributed by atoms with Crippen molar-refractivity contribution < 1.29 is 9.90 Å². The molecule has 1 atom stereocenters. The Morgan fingerprint density at radius 2 is 1.90 bits per heavy atom. The molecule has 4 rings (SSSR count). The molecule has 31 heavy (non-hydrogen) atoms. The summed E-state index contributed by atoms with van der Waals surface area (Å²) in [5.74, 6) is -0.905. The molecule has 0 spiro atoms. The quantitative estimate of drug-likeness (QED) is 0.434. The van der Waals surface area contributed by atoms with E-state index < -0.39 is 12.0 Å². The van der Waals surface area contributed by atoms with Crippen LogP contribution < -0.4 is 5.69 Å². The lowest BCUT2D eigenvalue weighted by atomic mass is 10.1. The molecule has 2 heterocycles. The molecule has 0 aliphatic rings. The Morgan fingerprint density at radius 1 is 1.19 bits per heavy atom. The van der Waals surface area contributed by atoms with Crippen LogP contribution in [0.25, 0.3) is 21.9 Å². The van der Waals surface area contributed by atoms with Crippen molar-refractivity contribution in [3.8, 4) is 0 Å². The molecule has 1 unspecified atom stereocenters. The summed E-state index contributed by atoms with van der Waals surface area (Å²) in [4.78, 5) is 25.1. The van der Waals surface area contributed by atoms with E-state index in [4.69, 9.17) is 11.6 Å². The summed E-state index contributed by atoms with van der Waals surface area (Å²) >= 11 is 6.42. The molecule has 0 saturated heterocycles. The number of hydrogen-bond donors (Lipinski definition) is 1. The van der Waals surface area contributed by atoms with Gasteiger partial charge < -0.3 is 9.67 Å². The molecule has 1 N–H and O–H groups in total. The summed E-state index contributed by atoms with van der Waals surface area (Å²) in [6.07, 6.45) is 3.39. The Labute approximate surface area is 185 Å². The molecule has 0 fully saturated rings. The topological polar surface area (TPSA) is 69.2 Å². The number of aromatic nitrogens is 3. The van der Waals surface area contributed by atoms with E-state index in [1.165, 1.54) is 0 Å². The van der Waals surface area contributed by atoms with Crippen LogP contribution in [0.3, 0.4) is 0 Å². The van der Waals surface area contributed by atoms with Crippen molar-refractivity contribution >= 4 is 39.5 Å². The van der Waals surface area contributed by atoms with Crippen LogP contribution in [-0.4, -0.2) is 24.8 Å². The van der Waals surface area contributed by atoms with E-state index in [1.54, 1.807) is 9.13 Å². The summed E-state index contributed by atoms with van der Waals surface area (Å²) in [5.41, 5.74) is 4.47. The highest BCUT2D eigenvalue weighted by molar-refractivity contribution is 6.31. The van der Waals surface area contributed by atoms with Crippen molar-refractivity contribution in [2.24, 2.45) is 7.05 Å². The lowest BCUT2D eigenvalue weighted by Gasteiger charge is -2.16. The third-order valence-electron chi connectivity index (χ3n) is 5.91. The van der Waals surface area contributed by atoms with Gasteiger partial charge in [-0.05, 0) is 48.7 Å². The van der Waals surface area contributed by atoms with Crippen LogP contribution >= 0.6 is 11.6 Å². The molecule has 0 bridgehead atoms. The Morgan fingerprint density at radius 3 is 2.58 bits per heavy atom. The monoisotopic (exact) mass is 439 g/mol. The Balaban J connectivity index is 1.93. The van der Waals surface area contributed by atoms with Crippen LogP contribution in [0.4, 0.5) is 0 Å². The van der Waals surface area contributed by atoms with E-state index >= 15 is 0 Å². The van der Waals surface area contributed by atoms with Gasteiger partial charge in [0.05, 0.1) is 29.5 Å². The fraction of sp³-hybridized carbons (Fsp3) is 0.333. The molecule has 4 aromatic rings. The van der Waals surface area contributed by atoms with E-state index in [-0.39, 0.29) is 12.1 Å². The minimum Gasteiger partial charge on any atom is -0.481 e. The maximum atomic E-state index is 13.6. The number of halogens is 1. The first kappa shape index (κ1) is 21.2. The van der Waals surface area contributed by atoms with Gasteiger partial charge in [0, 0.05) is 29.7 Å².